The van der Waals surface area contributed by atoms with Crippen LogP contribution in [-0.2, 0) is 0 Å². The topological polar surface area (TPSA) is 159 Å². The van der Waals surface area contributed by atoms with Gasteiger partial charge < -0.3 is 4.40 Å². The fourth-order valence-corrected chi connectivity index (χ4v) is 8.01. The van der Waals surface area contributed by atoms with Crippen molar-refractivity contribution in [3.05, 3.63) is 153 Å². The molecule has 6 heterocycles. The highest BCUT2D eigenvalue weighted by Gasteiger charge is 2.22. The summed E-state index contributed by atoms with van der Waals surface area (Å²) in [5.74, 6) is 3.44. The Balaban J connectivity index is 1.08. The summed E-state index contributed by atoms with van der Waals surface area (Å²) in [6.07, 6.45) is 5.63. The molecule has 0 bridgehead atoms. The number of pyridine rings is 1. The van der Waals surface area contributed by atoms with E-state index in [1.54, 1.807) is 0 Å². The first-order valence-corrected chi connectivity index (χ1v) is 18.8. The van der Waals surface area contributed by atoms with E-state index in [0.29, 0.717) is 34.9 Å². The Kier molecular flexibility index (Phi) is 7.19. The number of aromatic nitrogens is 13. The molecule has 6 aromatic carbocycles. The van der Waals surface area contributed by atoms with E-state index < -0.39 is 0 Å². The number of hydrogen-bond donors (Lipinski definition) is 0. The fourth-order valence-electron chi connectivity index (χ4n) is 8.01. The lowest BCUT2D eigenvalue weighted by molar-refractivity contribution is 0.967. The van der Waals surface area contributed by atoms with E-state index in [2.05, 4.69) is 100.0 Å². The van der Waals surface area contributed by atoms with E-state index in [0.717, 1.165) is 71.1 Å². The second kappa shape index (κ2) is 13.0. The number of benzene rings is 6. The lowest BCUT2D eigenvalue weighted by Gasteiger charge is -2.16. The van der Waals surface area contributed by atoms with Gasteiger partial charge in [0.25, 0.3) is 0 Å². The molecule has 13 nitrogen and oxygen atoms in total. The van der Waals surface area contributed by atoms with Crippen molar-refractivity contribution in [1.29, 1.82) is 0 Å². The zero-order valence-electron chi connectivity index (χ0n) is 30.7. The quantitative estimate of drug-likeness (QED) is 0.117. The van der Waals surface area contributed by atoms with E-state index in [9.17, 15) is 0 Å². The number of nitrogens with zero attached hydrogens (tertiary/aromatic N) is 13. The summed E-state index contributed by atoms with van der Waals surface area (Å²) < 4.78 is 2.36. The minimum atomic E-state index is 0.276. The number of rotatable bonds is 6. The lowest BCUT2D eigenvalue weighted by Crippen LogP contribution is -2.04. The molecule has 0 saturated heterocycles. The van der Waals surface area contributed by atoms with Gasteiger partial charge >= 0.3 is 0 Å². The van der Waals surface area contributed by atoms with E-state index in [1.807, 2.05) is 66.7 Å². The van der Waals surface area contributed by atoms with Crippen molar-refractivity contribution in [2.45, 2.75) is 0 Å². The van der Waals surface area contributed by atoms with Gasteiger partial charge in [0.05, 0.1) is 16.6 Å². The molecule has 0 fully saturated rings. The van der Waals surface area contributed by atoms with Crippen LogP contribution in [0.5, 0.6) is 0 Å². The molecule has 0 radical (unpaired) electrons. The minimum Gasteiger partial charge on any atom is -0.308 e. The van der Waals surface area contributed by atoms with Gasteiger partial charge in [-0.25, -0.2) is 59.8 Å². The second-order valence-corrected chi connectivity index (χ2v) is 13.9. The summed E-state index contributed by atoms with van der Waals surface area (Å²) in [6.45, 7) is 0. The standard InChI is InChI=1S/C46H25N13/c1-3-9-26(10-4-1)39-53-40(27-11-5-2-6-12-27)55-42(54-39)33-18-20-36-37-29(13-7-14-30(33)37)31-15-8-16-32-34-21-28(17-19-35(34)59(36)38(31)32)41-56-45(43-49-22-47-23-50-43)58-46(57-41)44-51-24-48-25-52-44/h1-25H. The Labute approximate surface area is 333 Å². The largest absolute Gasteiger partial charge is 0.308 e. The van der Waals surface area contributed by atoms with E-state index in [4.69, 9.17) is 24.9 Å². The van der Waals surface area contributed by atoms with Gasteiger partial charge in [0, 0.05) is 43.8 Å². The van der Waals surface area contributed by atoms with Crippen LogP contribution in [-0.4, -0.2) is 64.2 Å². The summed E-state index contributed by atoms with van der Waals surface area (Å²) in [5.41, 5.74) is 6.79. The fraction of sp³-hybridized carbons (Fsp3) is 0. The molecule has 0 saturated carbocycles. The predicted molar refractivity (Wildman–Crippen MR) is 225 cm³/mol. The van der Waals surface area contributed by atoms with Gasteiger partial charge in [0.15, 0.2) is 23.3 Å². The lowest BCUT2D eigenvalue weighted by atomic mass is 9.96. The van der Waals surface area contributed by atoms with Crippen molar-refractivity contribution in [3.63, 3.8) is 0 Å². The molecule has 59 heavy (non-hydrogen) atoms. The summed E-state index contributed by atoms with van der Waals surface area (Å²) in [4.78, 5) is 54.5. The third-order valence-electron chi connectivity index (χ3n) is 10.6. The second-order valence-electron chi connectivity index (χ2n) is 13.9. The highest BCUT2D eigenvalue weighted by Crippen LogP contribution is 2.43. The summed E-state index contributed by atoms with van der Waals surface area (Å²) >= 11 is 0. The zero-order chi connectivity index (χ0) is 38.9. The first-order valence-electron chi connectivity index (χ1n) is 18.8. The maximum atomic E-state index is 5.10. The smallest absolute Gasteiger partial charge is 0.202 e. The van der Waals surface area contributed by atoms with Crippen molar-refractivity contribution in [2.24, 2.45) is 0 Å². The summed E-state index contributed by atoms with van der Waals surface area (Å²) in [7, 11) is 0. The molecule has 0 amide bonds. The third-order valence-corrected chi connectivity index (χ3v) is 10.6. The van der Waals surface area contributed by atoms with Gasteiger partial charge in [0.2, 0.25) is 23.3 Å². The molecule has 0 spiro atoms. The van der Waals surface area contributed by atoms with Crippen molar-refractivity contribution in [3.8, 4) is 68.8 Å². The minimum absolute atomic E-state index is 0.276. The number of fused-ring (bicyclic) bond motifs is 5. The molecule has 0 unspecified atom stereocenters. The van der Waals surface area contributed by atoms with Crippen LogP contribution in [0.3, 0.4) is 0 Å². The van der Waals surface area contributed by atoms with Crippen LogP contribution in [0.25, 0.3) is 118 Å². The van der Waals surface area contributed by atoms with Gasteiger partial charge in [0.1, 0.15) is 25.3 Å². The Morgan fingerprint density at radius 1 is 0.322 bits per heavy atom. The highest BCUT2D eigenvalue weighted by molar-refractivity contribution is 6.28. The highest BCUT2D eigenvalue weighted by atomic mass is 15.1. The van der Waals surface area contributed by atoms with Crippen LogP contribution in [0.2, 0.25) is 0 Å². The van der Waals surface area contributed by atoms with Crippen LogP contribution in [0.4, 0.5) is 0 Å². The zero-order valence-corrected chi connectivity index (χ0v) is 30.7. The van der Waals surface area contributed by atoms with E-state index in [1.165, 1.54) is 25.3 Å². The Morgan fingerprint density at radius 2 is 0.814 bits per heavy atom. The number of hydrogen-bond acceptors (Lipinski definition) is 12. The SMILES string of the molecule is c1ccc(-c2nc(-c3ccccc3)nc(-c3ccc4c5c3cccc5c3cccc5c6cc(-c7nc(-c8ncncn8)nc(-c8ncncn8)n7)ccc6n4c35)n2)cc1. The van der Waals surface area contributed by atoms with Crippen molar-refractivity contribution in [2.75, 3.05) is 0 Å². The average molecular weight is 760 g/mol. The van der Waals surface area contributed by atoms with Gasteiger partial charge in [-0.3, -0.25) is 0 Å². The molecule has 0 atom stereocenters. The first kappa shape index (κ1) is 32.6. The molecule has 13 heteroatoms. The summed E-state index contributed by atoms with van der Waals surface area (Å²) in [5, 5.41) is 6.60. The predicted octanol–water partition coefficient (Wildman–Crippen LogP) is 8.73. The molecule has 0 aliphatic carbocycles. The van der Waals surface area contributed by atoms with Crippen molar-refractivity contribution >= 4 is 48.9 Å². The molecule has 0 aliphatic rings. The molecular weight excluding hydrogens is 735 g/mol. The molecule has 274 valence electrons. The van der Waals surface area contributed by atoms with Gasteiger partial charge in [-0.15, -0.1) is 0 Å². The van der Waals surface area contributed by atoms with Gasteiger partial charge in [-0.05, 0) is 41.1 Å². The van der Waals surface area contributed by atoms with Crippen LogP contribution in [0, 0.1) is 0 Å². The first-order chi connectivity index (χ1) is 29.2. The Hall–Kier alpha value is -8.58. The average Bonchev–Trinajstić information content (AvgIpc) is 3.66. The molecule has 12 aromatic rings. The third kappa shape index (κ3) is 5.26. The maximum absolute atomic E-state index is 5.10. The van der Waals surface area contributed by atoms with E-state index in [-0.39, 0.29) is 11.6 Å². The van der Waals surface area contributed by atoms with Crippen LogP contribution in [0.1, 0.15) is 0 Å². The Morgan fingerprint density at radius 3 is 1.44 bits per heavy atom. The van der Waals surface area contributed by atoms with E-state index >= 15 is 0 Å². The molecule has 12 rings (SSSR count). The van der Waals surface area contributed by atoms with Crippen LogP contribution in [0.15, 0.2) is 153 Å². The number of para-hydroxylation sites is 1. The molecule has 0 aliphatic heterocycles. The van der Waals surface area contributed by atoms with Crippen molar-refractivity contribution < 1.29 is 0 Å². The van der Waals surface area contributed by atoms with Crippen LogP contribution < -0.4 is 0 Å². The van der Waals surface area contributed by atoms with Gasteiger partial charge in [-0.1, -0.05) is 97.1 Å². The van der Waals surface area contributed by atoms with Crippen molar-refractivity contribution in [1.82, 2.24) is 64.2 Å². The maximum Gasteiger partial charge on any atom is 0.202 e. The normalized spacial score (nSPS) is 11.7. The summed E-state index contributed by atoms with van der Waals surface area (Å²) in [6, 6.07) is 43.7. The molecule has 6 aromatic heterocycles. The molecule has 0 N–H and O–H groups in total. The molecular formula is C46H25N13. The monoisotopic (exact) mass is 759 g/mol. The van der Waals surface area contributed by atoms with Crippen LogP contribution >= 0.6 is 0 Å². The Bertz CT molecular complexity index is 3430. The van der Waals surface area contributed by atoms with Gasteiger partial charge in [-0.2, -0.15) is 0 Å².